The minimum absolute atomic E-state index is 0.0432. The standard InChI is InChI=1S/C32H33F3N4O4/c1-38-13-8-23(9-14-38)39(2)31(42)37-30-18-24(7-12-36-30)43-27-19-25(34)21(16-26(27)35)17-29(41)32(10-11-32)28(40)15-20-3-5-22(33)6-4-20/h3-7,12,16,18-19,23H,8-11,13-15,17H2,1-2H3,(H,36,37,42). The lowest BCUT2D eigenvalue weighted by Gasteiger charge is -2.34. The molecule has 8 nitrogen and oxygen atoms in total. The van der Waals surface area contributed by atoms with Gasteiger partial charge in [0.25, 0.3) is 0 Å². The molecule has 1 N–H and O–H groups in total. The van der Waals surface area contributed by atoms with Gasteiger partial charge in [-0.25, -0.2) is 22.9 Å². The SMILES string of the molecule is CN1CCC(N(C)C(=O)Nc2cc(Oc3cc(F)c(CC(=O)C4(C(=O)Cc5ccc(F)cc5)CC4)cc3F)ccn2)CC1. The molecule has 2 heterocycles. The average Bonchev–Trinajstić information content (AvgIpc) is 3.80. The van der Waals surface area contributed by atoms with Gasteiger partial charge in [-0.1, -0.05) is 12.1 Å². The van der Waals surface area contributed by atoms with E-state index in [0.717, 1.165) is 38.1 Å². The Morgan fingerprint density at radius 1 is 0.977 bits per heavy atom. The number of carbonyl (C=O) groups excluding carboxylic acids is 3. The van der Waals surface area contributed by atoms with Crippen molar-refractivity contribution in [2.24, 2.45) is 5.41 Å². The molecule has 2 aromatic carbocycles. The molecular weight excluding hydrogens is 561 g/mol. The second kappa shape index (κ2) is 12.5. The lowest BCUT2D eigenvalue weighted by molar-refractivity contribution is -0.133. The molecule has 5 rings (SSSR count). The number of rotatable bonds is 10. The van der Waals surface area contributed by atoms with Gasteiger partial charge in [-0.15, -0.1) is 0 Å². The number of likely N-dealkylation sites (tertiary alicyclic amines) is 1. The number of anilines is 1. The fourth-order valence-corrected chi connectivity index (χ4v) is 5.34. The summed E-state index contributed by atoms with van der Waals surface area (Å²) in [6, 6.07) is 9.79. The lowest BCUT2D eigenvalue weighted by atomic mass is 9.87. The summed E-state index contributed by atoms with van der Waals surface area (Å²) < 4.78 is 48.8. The third-order valence-corrected chi connectivity index (χ3v) is 8.30. The van der Waals surface area contributed by atoms with Crippen LogP contribution in [0.1, 0.15) is 36.8 Å². The van der Waals surface area contributed by atoms with E-state index in [1.165, 1.54) is 42.6 Å². The molecule has 0 bridgehead atoms. The minimum Gasteiger partial charge on any atom is -0.454 e. The molecular formula is C32H33F3N4O4. The van der Waals surface area contributed by atoms with E-state index >= 15 is 8.78 Å². The van der Waals surface area contributed by atoms with Gasteiger partial charge in [0.2, 0.25) is 0 Å². The van der Waals surface area contributed by atoms with Crippen LogP contribution in [0.15, 0.2) is 54.7 Å². The van der Waals surface area contributed by atoms with Gasteiger partial charge in [-0.05, 0) is 81.2 Å². The zero-order chi connectivity index (χ0) is 30.7. The number of halogens is 3. The van der Waals surface area contributed by atoms with Crippen molar-refractivity contribution in [2.75, 3.05) is 32.5 Å². The highest BCUT2D eigenvalue weighted by Crippen LogP contribution is 2.49. The number of benzene rings is 2. The molecule has 1 aromatic heterocycles. The minimum atomic E-state index is -1.23. The summed E-state index contributed by atoms with van der Waals surface area (Å²) in [6.07, 6.45) is 3.28. The summed E-state index contributed by atoms with van der Waals surface area (Å²) in [5.41, 5.74) is -0.839. The highest BCUT2D eigenvalue weighted by Gasteiger charge is 2.54. The Kier molecular flexibility index (Phi) is 8.82. The van der Waals surface area contributed by atoms with Crippen molar-refractivity contribution in [2.45, 2.75) is 44.6 Å². The molecule has 1 aliphatic heterocycles. The lowest BCUT2D eigenvalue weighted by Crippen LogP contribution is -2.46. The van der Waals surface area contributed by atoms with Crippen molar-refractivity contribution in [3.05, 3.63) is 83.3 Å². The maximum atomic E-state index is 15.0. The maximum Gasteiger partial charge on any atom is 0.323 e. The summed E-state index contributed by atoms with van der Waals surface area (Å²) in [5.74, 6) is -3.07. The first kappa shape index (κ1) is 30.2. The first-order chi connectivity index (χ1) is 20.5. The molecule has 11 heteroatoms. The van der Waals surface area contributed by atoms with Crippen LogP contribution < -0.4 is 10.1 Å². The quantitative estimate of drug-likeness (QED) is 0.310. The van der Waals surface area contributed by atoms with Gasteiger partial charge >= 0.3 is 6.03 Å². The summed E-state index contributed by atoms with van der Waals surface area (Å²) in [5, 5.41) is 2.71. The summed E-state index contributed by atoms with van der Waals surface area (Å²) in [7, 11) is 3.77. The first-order valence-electron chi connectivity index (χ1n) is 14.2. The Morgan fingerprint density at radius 2 is 1.65 bits per heavy atom. The van der Waals surface area contributed by atoms with E-state index in [0.29, 0.717) is 18.4 Å². The average molecular weight is 595 g/mol. The third kappa shape index (κ3) is 7.05. The molecule has 226 valence electrons. The molecule has 2 aliphatic rings. The van der Waals surface area contributed by atoms with Gasteiger partial charge in [0.1, 0.15) is 23.2 Å². The molecule has 1 aliphatic carbocycles. The first-order valence-corrected chi connectivity index (χ1v) is 14.2. The maximum absolute atomic E-state index is 15.0. The van der Waals surface area contributed by atoms with Crippen LogP contribution in [0.4, 0.5) is 23.8 Å². The van der Waals surface area contributed by atoms with Crippen molar-refractivity contribution in [3.8, 4) is 11.5 Å². The van der Waals surface area contributed by atoms with Crippen LogP contribution in [0, 0.1) is 22.9 Å². The summed E-state index contributed by atoms with van der Waals surface area (Å²) in [4.78, 5) is 46.7. The van der Waals surface area contributed by atoms with Gasteiger partial charge in [0.15, 0.2) is 23.1 Å². The number of hydrogen-bond donors (Lipinski definition) is 1. The van der Waals surface area contributed by atoms with Crippen molar-refractivity contribution >= 4 is 23.4 Å². The number of carbonyl (C=O) groups is 3. The predicted octanol–water partition coefficient (Wildman–Crippen LogP) is 5.55. The van der Waals surface area contributed by atoms with E-state index < -0.39 is 40.8 Å². The number of nitrogens with one attached hydrogen (secondary N) is 1. The second-order valence-electron chi connectivity index (χ2n) is 11.3. The van der Waals surface area contributed by atoms with Gasteiger partial charge < -0.3 is 14.5 Å². The van der Waals surface area contributed by atoms with E-state index in [9.17, 15) is 18.8 Å². The van der Waals surface area contributed by atoms with Crippen molar-refractivity contribution < 1.29 is 32.3 Å². The second-order valence-corrected chi connectivity index (χ2v) is 11.3. The normalized spacial score (nSPS) is 16.4. The number of amides is 2. The van der Waals surface area contributed by atoms with Crippen molar-refractivity contribution in [1.82, 2.24) is 14.8 Å². The molecule has 0 unspecified atom stereocenters. The van der Waals surface area contributed by atoms with Crippen LogP contribution in [-0.4, -0.2) is 65.6 Å². The third-order valence-electron chi connectivity index (χ3n) is 8.30. The van der Waals surface area contributed by atoms with E-state index in [1.807, 2.05) is 7.05 Å². The Balaban J connectivity index is 1.21. The Hall–Kier alpha value is -4.25. The zero-order valence-corrected chi connectivity index (χ0v) is 24.0. The smallest absolute Gasteiger partial charge is 0.323 e. The number of urea groups is 1. The number of Topliss-reactive ketones (excluding diaryl/α,β-unsaturated/α-hetero) is 2. The number of hydrogen-bond acceptors (Lipinski definition) is 6. The van der Waals surface area contributed by atoms with Gasteiger partial charge in [-0.3, -0.25) is 14.9 Å². The number of pyridine rings is 1. The fraction of sp³-hybridized carbons (Fsp3) is 0.375. The monoisotopic (exact) mass is 594 g/mol. The molecule has 0 atom stereocenters. The van der Waals surface area contributed by atoms with Crippen LogP contribution in [0.25, 0.3) is 0 Å². The molecule has 1 saturated carbocycles. The van der Waals surface area contributed by atoms with E-state index in [4.69, 9.17) is 4.74 Å². The van der Waals surface area contributed by atoms with Crippen molar-refractivity contribution in [1.29, 1.82) is 0 Å². The summed E-state index contributed by atoms with van der Waals surface area (Å²) >= 11 is 0. The van der Waals surface area contributed by atoms with Crippen LogP contribution in [0.3, 0.4) is 0 Å². The molecule has 0 radical (unpaired) electrons. The van der Waals surface area contributed by atoms with Crippen LogP contribution in [-0.2, 0) is 22.4 Å². The topological polar surface area (TPSA) is 91.8 Å². The summed E-state index contributed by atoms with van der Waals surface area (Å²) in [6.45, 7) is 1.80. The molecule has 3 aromatic rings. The van der Waals surface area contributed by atoms with E-state index in [2.05, 4.69) is 15.2 Å². The molecule has 2 amide bonds. The predicted molar refractivity (Wildman–Crippen MR) is 153 cm³/mol. The number of nitrogens with zero attached hydrogens (tertiary/aromatic N) is 3. The molecule has 2 fully saturated rings. The van der Waals surface area contributed by atoms with Gasteiger partial charge in [0, 0.05) is 44.3 Å². The van der Waals surface area contributed by atoms with Gasteiger partial charge in [-0.2, -0.15) is 0 Å². The fourth-order valence-electron chi connectivity index (χ4n) is 5.34. The molecule has 1 saturated heterocycles. The molecule has 0 spiro atoms. The number of piperidine rings is 1. The Bertz CT molecular complexity index is 1520. The van der Waals surface area contributed by atoms with Crippen molar-refractivity contribution in [3.63, 3.8) is 0 Å². The van der Waals surface area contributed by atoms with Gasteiger partial charge in [0.05, 0.1) is 5.41 Å². The highest BCUT2D eigenvalue weighted by atomic mass is 19.1. The van der Waals surface area contributed by atoms with Crippen LogP contribution in [0.2, 0.25) is 0 Å². The number of ether oxygens (including phenoxy) is 1. The zero-order valence-electron chi connectivity index (χ0n) is 24.0. The van der Waals surface area contributed by atoms with E-state index in [-0.39, 0.29) is 41.4 Å². The Labute approximate surface area is 247 Å². The largest absolute Gasteiger partial charge is 0.454 e. The number of ketones is 2. The number of aromatic nitrogens is 1. The molecule has 43 heavy (non-hydrogen) atoms. The van der Waals surface area contributed by atoms with Crippen LogP contribution >= 0.6 is 0 Å². The van der Waals surface area contributed by atoms with E-state index in [1.54, 1.807) is 11.9 Å². The van der Waals surface area contributed by atoms with Crippen LogP contribution in [0.5, 0.6) is 11.5 Å². The Morgan fingerprint density at radius 3 is 2.33 bits per heavy atom. The highest BCUT2D eigenvalue weighted by molar-refractivity contribution is 6.11.